The standard InChI is InChI=1S/C26H22F5NO5S/c27-24(28)37-19-8-10-20(11-9-19)38(35,36)32(16-23(33)34)25(13-4-14-25)18-7-12-21(17-5-2-1-3-6-17)22(15-18)26(29,30)31/h1-3,5-12,15,24H,4,13-14,16H2,(H,33,34). The minimum absolute atomic E-state index is 0.0123. The second-order valence-corrected chi connectivity index (χ2v) is 10.6. The Morgan fingerprint density at radius 3 is 2.13 bits per heavy atom. The number of carbonyl (C=O) groups is 1. The van der Waals surface area contributed by atoms with Gasteiger partial charge < -0.3 is 9.84 Å². The summed E-state index contributed by atoms with van der Waals surface area (Å²) in [5, 5.41) is 9.55. The SMILES string of the molecule is O=C(O)CN(C1(c2ccc(-c3ccccc3)c(C(F)(F)F)c2)CCC1)S(=O)(=O)c1ccc(OC(F)F)cc1. The number of halogens is 5. The highest BCUT2D eigenvalue weighted by atomic mass is 32.2. The van der Waals surface area contributed by atoms with E-state index >= 15 is 0 Å². The van der Waals surface area contributed by atoms with Crippen LogP contribution in [0.2, 0.25) is 0 Å². The van der Waals surface area contributed by atoms with E-state index in [1.165, 1.54) is 24.3 Å². The minimum atomic E-state index is -4.77. The second kappa shape index (κ2) is 10.3. The molecule has 0 saturated heterocycles. The average Bonchev–Trinajstić information content (AvgIpc) is 2.82. The summed E-state index contributed by atoms with van der Waals surface area (Å²) in [6.07, 6.45) is -4.14. The Bertz CT molecular complexity index is 1410. The Morgan fingerprint density at radius 2 is 1.63 bits per heavy atom. The highest BCUT2D eigenvalue weighted by Gasteiger charge is 2.51. The van der Waals surface area contributed by atoms with Gasteiger partial charge >= 0.3 is 18.8 Å². The van der Waals surface area contributed by atoms with Gasteiger partial charge in [-0.2, -0.15) is 26.3 Å². The molecule has 6 nitrogen and oxygen atoms in total. The van der Waals surface area contributed by atoms with Crippen molar-refractivity contribution in [3.05, 3.63) is 83.9 Å². The summed E-state index contributed by atoms with van der Waals surface area (Å²) in [7, 11) is -4.59. The van der Waals surface area contributed by atoms with E-state index in [4.69, 9.17) is 0 Å². The number of alkyl halides is 5. The molecule has 0 atom stereocenters. The average molecular weight is 556 g/mol. The van der Waals surface area contributed by atoms with E-state index in [-0.39, 0.29) is 29.7 Å². The molecule has 3 aromatic carbocycles. The third kappa shape index (κ3) is 5.37. The van der Waals surface area contributed by atoms with Gasteiger partial charge in [-0.15, -0.1) is 0 Å². The summed E-state index contributed by atoms with van der Waals surface area (Å²) in [4.78, 5) is 11.3. The van der Waals surface area contributed by atoms with Crippen LogP contribution in [0.5, 0.6) is 5.75 Å². The number of aliphatic carboxylic acids is 1. The molecule has 1 fully saturated rings. The smallest absolute Gasteiger partial charge is 0.417 e. The molecule has 3 aromatic rings. The number of rotatable bonds is 9. The molecule has 1 aliphatic rings. The molecule has 0 aromatic heterocycles. The maximum Gasteiger partial charge on any atom is 0.417 e. The number of carboxylic acids is 1. The van der Waals surface area contributed by atoms with Gasteiger partial charge in [0.15, 0.2) is 0 Å². The van der Waals surface area contributed by atoms with Crippen molar-refractivity contribution in [3.8, 4) is 16.9 Å². The zero-order chi connectivity index (χ0) is 27.7. The minimum Gasteiger partial charge on any atom is -0.480 e. The first kappa shape index (κ1) is 27.5. The van der Waals surface area contributed by atoms with Crippen molar-refractivity contribution in [1.29, 1.82) is 0 Å². The summed E-state index contributed by atoms with van der Waals surface area (Å²) < 4.78 is 99.7. The largest absolute Gasteiger partial charge is 0.480 e. The molecule has 0 amide bonds. The summed E-state index contributed by atoms with van der Waals surface area (Å²) in [5.74, 6) is -1.82. The molecule has 1 aliphatic carbocycles. The van der Waals surface area contributed by atoms with Gasteiger partial charge in [0.25, 0.3) is 0 Å². The molecule has 202 valence electrons. The van der Waals surface area contributed by atoms with Crippen LogP contribution >= 0.6 is 0 Å². The van der Waals surface area contributed by atoms with Crippen LogP contribution in [-0.4, -0.2) is 37.0 Å². The number of nitrogens with zero attached hydrogens (tertiary/aromatic N) is 1. The number of sulfonamides is 1. The van der Waals surface area contributed by atoms with Gasteiger partial charge in [0.05, 0.1) is 16.0 Å². The normalized spacial score (nSPS) is 15.3. The Kier molecular flexibility index (Phi) is 7.48. The first-order valence-electron chi connectivity index (χ1n) is 11.4. The van der Waals surface area contributed by atoms with Gasteiger partial charge in [-0.25, -0.2) is 8.42 Å². The van der Waals surface area contributed by atoms with Gasteiger partial charge in [0.1, 0.15) is 12.3 Å². The molecule has 38 heavy (non-hydrogen) atoms. The van der Waals surface area contributed by atoms with Crippen LogP contribution in [0.4, 0.5) is 22.0 Å². The Hall–Kier alpha value is -3.51. The number of hydrogen-bond donors (Lipinski definition) is 1. The van der Waals surface area contributed by atoms with Crippen LogP contribution in [0.15, 0.2) is 77.7 Å². The molecule has 4 rings (SSSR count). The highest BCUT2D eigenvalue weighted by Crippen LogP contribution is 2.50. The maximum absolute atomic E-state index is 14.2. The van der Waals surface area contributed by atoms with Gasteiger partial charge in [-0.05, 0) is 66.3 Å². The highest BCUT2D eigenvalue weighted by molar-refractivity contribution is 7.89. The van der Waals surface area contributed by atoms with Gasteiger partial charge in [-0.1, -0.05) is 42.5 Å². The van der Waals surface area contributed by atoms with Crippen molar-refractivity contribution in [1.82, 2.24) is 4.31 Å². The molecular formula is C26H22F5NO5S. The quantitative estimate of drug-likeness (QED) is 0.321. The summed E-state index contributed by atoms with van der Waals surface area (Å²) in [6.45, 7) is -4.15. The number of ether oxygens (including phenoxy) is 1. The molecule has 0 unspecified atom stereocenters. The third-order valence-corrected chi connectivity index (χ3v) is 8.45. The van der Waals surface area contributed by atoms with Crippen molar-refractivity contribution in [2.24, 2.45) is 0 Å². The second-order valence-electron chi connectivity index (χ2n) is 8.76. The van der Waals surface area contributed by atoms with Crippen molar-refractivity contribution < 1.29 is 45.0 Å². The zero-order valence-electron chi connectivity index (χ0n) is 19.7. The molecule has 1 saturated carbocycles. The number of hydrogen-bond acceptors (Lipinski definition) is 4. The molecule has 0 aliphatic heterocycles. The lowest BCUT2D eigenvalue weighted by molar-refractivity contribution is -0.140. The van der Waals surface area contributed by atoms with Crippen LogP contribution < -0.4 is 4.74 Å². The fourth-order valence-electron chi connectivity index (χ4n) is 4.64. The van der Waals surface area contributed by atoms with Crippen LogP contribution in [-0.2, 0) is 26.5 Å². The lowest BCUT2D eigenvalue weighted by Crippen LogP contribution is -2.55. The van der Waals surface area contributed by atoms with E-state index in [2.05, 4.69) is 4.74 Å². The van der Waals surface area contributed by atoms with E-state index < -0.39 is 51.3 Å². The van der Waals surface area contributed by atoms with Crippen molar-refractivity contribution >= 4 is 16.0 Å². The monoisotopic (exact) mass is 555 g/mol. The summed E-state index contributed by atoms with van der Waals surface area (Å²) in [6, 6.07) is 15.4. The van der Waals surface area contributed by atoms with E-state index in [9.17, 15) is 40.3 Å². The summed E-state index contributed by atoms with van der Waals surface area (Å²) in [5.41, 5.74) is -2.30. The molecule has 0 spiro atoms. The van der Waals surface area contributed by atoms with E-state index in [0.717, 1.165) is 30.3 Å². The van der Waals surface area contributed by atoms with Gasteiger partial charge in [0, 0.05) is 0 Å². The van der Waals surface area contributed by atoms with Crippen molar-refractivity contribution in [2.45, 2.75) is 42.5 Å². The Morgan fingerprint density at radius 1 is 1.00 bits per heavy atom. The maximum atomic E-state index is 14.2. The fraction of sp³-hybridized carbons (Fsp3) is 0.269. The Labute approximate surface area is 215 Å². The van der Waals surface area contributed by atoms with Crippen molar-refractivity contribution in [3.63, 3.8) is 0 Å². The van der Waals surface area contributed by atoms with Crippen LogP contribution in [0, 0.1) is 0 Å². The molecule has 12 heteroatoms. The van der Waals surface area contributed by atoms with Crippen LogP contribution in [0.25, 0.3) is 11.1 Å². The third-order valence-electron chi connectivity index (χ3n) is 6.52. The van der Waals surface area contributed by atoms with Crippen LogP contribution in [0.3, 0.4) is 0 Å². The predicted octanol–water partition coefficient (Wildman–Crippen LogP) is 6.13. The zero-order valence-corrected chi connectivity index (χ0v) is 20.5. The molecule has 0 heterocycles. The summed E-state index contributed by atoms with van der Waals surface area (Å²) >= 11 is 0. The Balaban J connectivity index is 1.83. The number of benzene rings is 3. The lowest BCUT2D eigenvalue weighted by Gasteiger charge is -2.49. The molecule has 1 N–H and O–H groups in total. The lowest BCUT2D eigenvalue weighted by atomic mass is 9.71. The molecule has 0 bridgehead atoms. The van der Waals surface area contributed by atoms with Gasteiger partial charge in [0.2, 0.25) is 10.0 Å². The first-order chi connectivity index (χ1) is 17.8. The first-order valence-corrected chi connectivity index (χ1v) is 12.9. The van der Waals surface area contributed by atoms with Crippen LogP contribution in [0.1, 0.15) is 30.4 Å². The van der Waals surface area contributed by atoms with Gasteiger partial charge in [-0.3, -0.25) is 4.79 Å². The topological polar surface area (TPSA) is 83.9 Å². The van der Waals surface area contributed by atoms with Crippen molar-refractivity contribution in [2.75, 3.05) is 6.54 Å². The van der Waals surface area contributed by atoms with E-state index in [0.29, 0.717) is 16.3 Å². The molecular weight excluding hydrogens is 533 g/mol. The number of carboxylic acid groups (broad SMARTS) is 1. The molecule has 0 radical (unpaired) electrons. The fourth-order valence-corrected chi connectivity index (χ4v) is 6.40. The van der Waals surface area contributed by atoms with E-state index in [1.807, 2.05) is 0 Å². The predicted molar refractivity (Wildman–Crippen MR) is 127 cm³/mol. The van der Waals surface area contributed by atoms with E-state index in [1.54, 1.807) is 18.2 Å².